The van der Waals surface area contributed by atoms with E-state index in [0.717, 1.165) is 26.2 Å². The molecule has 2 aliphatic rings. The topological polar surface area (TPSA) is 32.7 Å². The molecular weight excluding hydrogens is 214 g/mol. The summed E-state index contributed by atoms with van der Waals surface area (Å²) in [6.07, 6.45) is 7.53. The lowest BCUT2D eigenvalue weighted by Crippen LogP contribution is -2.42. The Balaban J connectivity index is 1.73. The lowest BCUT2D eigenvalue weighted by atomic mass is 9.96. The standard InChI is InChI=1S/C14H27NO2/c1-17-11-12-5-4-8-15(9-12)10-14(16)13-6-2-3-7-13/h12-14,16H,2-11H2,1H3. The summed E-state index contributed by atoms with van der Waals surface area (Å²) < 4.78 is 5.25. The third-order valence-corrected chi connectivity index (χ3v) is 4.39. The molecule has 0 radical (unpaired) electrons. The average molecular weight is 241 g/mol. The molecule has 0 aromatic heterocycles. The van der Waals surface area contributed by atoms with Crippen molar-refractivity contribution in [2.24, 2.45) is 11.8 Å². The smallest absolute Gasteiger partial charge is 0.0695 e. The first-order valence-electron chi connectivity index (χ1n) is 7.19. The minimum absolute atomic E-state index is 0.0983. The molecule has 3 heteroatoms. The van der Waals surface area contributed by atoms with Gasteiger partial charge < -0.3 is 14.7 Å². The van der Waals surface area contributed by atoms with E-state index in [2.05, 4.69) is 4.90 Å². The van der Waals surface area contributed by atoms with Crippen LogP contribution in [0.2, 0.25) is 0 Å². The molecule has 2 atom stereocenters. The highest BCUT2D eigenvalue weighted by molar-refractivity contribution is 4.80. The molecule has 100 valence electrons. The SMILES string of the molecule is COCC1CCCN(CC(O)C2CCCC2)C1. The molecule has 2 rings (SSSR count). The van der Waals surface area contributed by atoms with Gasteiger partial charge in [0.05, 0.1) is 12.7 Å². The van der Waals surface area contributed by atoms with Gasteiger partial charge in [-0.3, -0.25) is 0 Å². The molecule has 17 heavy (non-hydrogen) atoms. The lowest BCUT2D eigenvalue weighted by Gasteiger charge is -2.34. The third kappa shape index (κ3) is 3.94. The first-order valence-corrected chi connectivity index (χ1v) is 7.19. The van der Waals surface area contributed by atoms with E-state index in [1.165, 1.54) is 38.5 Å². The number of hydrogen-bond acceptors (Lipinski definition) is 3. The van der Waals surface area contributed by atoms with Crippen molar-refractivity contribution in [2.45, 2.75) is 44.6 Å². The Kier molecular flexibility index (Phi) is 5.26. The van der Waals surface area contributed by atoms with Gasteiger partial charge in [-0.05, 0) is 44.1 Å². The highest BCUT2D eigenvalue weighted by atomic mass is 16.5. The Morgan fingerprint density at radius 1 is 1.24 bits per heavy atom. The van der Waals surface area contributed by atoms with E-state index in [1.807, 2.05) is 0 Å². The summed E-state index contributed by atoms with van der Waals surface area (Å²) in [5, 5.41) is 10.2. The third-order valence-electron chi connectivity index (χ3n) is 4.39. The van der Waals surface area contributed by atoms with Crippen molar-refractivity contribution in [1.82, 2.24) is 4.90 Å². The molecule has 1 N–H and O–H groups in total. The van der Waals surface area contributed by atoms with E-state index in [0.29, 0.717) is 11.8 Å². The van der Waals surface area contributed by atoms with Gasteiger partial charge in [-0.1, -0.05) is 12.8 Å². The number of aliphatic hydroxyl groups excluding tert-OH is 1. The van der Waals surface area contributed by atoms with Gasteiger partial charge in [-0.15, -0.1) is 0 Å². The molecule has 1 aliphatic heterocycles. The van der Waals surface area contributed by atoms with Gasteiger partial charge in [0.25, 0.3) is 0 Å². The van der Waals surface area contributed by atoms with Crippen LogP contribution in [0, 0.1) is 11.8 Å². The van der Waals surface area contributed by atoms with Crippen molar-refractivity contribution in [1.29, 1.82) is 0 Å². The van der Waals surface area contributed by atoms with Gasteiger partial charge in [0, 0.05) is 20.2 Å². The summed E-state index contributed by atoms with van der Waals surface area (Å²) in [6.45, 7) is 4.02. The molecule has 0 bridgehead atoms. The van der Waals surface area contributed by atoms with Crippen LogP contribution < -0.4 is 0 Å². The van der Waals surface area contributed by atoms with Crippen molar-refractivity contribution in [3.8, 4) is 0 Å². The molecule has 0 aromatic rings. The molecule has 3 nitrogen and oxygen atoms in total. The molecule has 1 heterocycles. The van der Waals surface area contributed by atoms with Gasteiger partial charge in [-0.2, -0.15) is 0 Å². The van der Waals surface area contributed by atoms with Gasteiger partial charge >= 0.3 is 0 Å². The lowest BCUT2D eigenvalue weighted by molar-refractivity contribution is 0.0336. The summed E-state index contributed by atoms with van der Waals surface area (Å²) in [5.41, 5.74) is 0. The van der Waals surface area contributed by atoms with Crippen molar-refractivity contribution in [2.75, 3.05) is 33.4 Å². The van der Waals surface area contributed by atoms with Crippen LogP contribution in [-0.4, -0.2) is 49.5 Å². The first-order chi connectivity index (χ1) is 8.29. The summed E-state index contributed by atoms with van der Waals surface area (Å²) in [4.78, 5) is 2.44. The van der Waals surface area contributed by atoms with E-state index in [1.54, 1.807) is 7.11 Å². The predicted octanol–water partition coefficient (Wildman–Crippen LogP) is 1.90. The van der Waals surface area contributed by atoms with Gasteiger partial charge in [0.2, 0.25) is 0 Å². The fourth-order valence-corrected chi connectivity index (χ4v) is 3.44. The molecule has 0 spiro atoms. The Labute approximate surface area is 105 Å². The number of hydrogen-bond donors (Lipinski definition) is 1. The van der Waals surface area contributed by atoms with Crippen LogP contribution >= 0.6 is 0 Å². The summed E-state index contributed by atoms with van der Waals surface area (Å²) in [5.74, 6) is 1.24. The maximum atomic E-state index is 10.2. The zero-order chi connectivity index (χ0) is 12.1. The number of piperidine rings is 1. The minimum atomic E-state index is -0.0983. The molecule has 0 aromatic carbocycles. The highest BCUT2D eigenvalue weighted by Crippen LogP contribution is 2.28. The summed E-state index contributed by atoms with van der Waals surface area (Å²) in [7, 11) is 1.78. The number of ether oxygens (including phenoxy) is 1. The monoisotopic (exact) mass is 241 g/mol. The Morgan fingerprint density at radius 2 is 2.00 bits per heavy atom. The molecule has 1 saturated heterocycles. The van der Waals surface area contributed by atoms with Crippen LogP contribution in [0.3, 0.4) is 0 Å². The molecule has 1 saturated carbocycles. The molecular formula is C14H27NO2. The number of likely N-dealkylation sites (tertiary alicyclic amines) is 1. The van der Waals surface area contributed by atoms with Gasteiger partial charge in [0.15, 0.2) is 0 Å². The van der Waals surface area contributed by atoms with Crippen LogP contribution in [-0.2, 0) is 4.74 Å². The van der Waals surface area contributed by atoms with Crippen molar-refractivity contribution >= 4 is 0 Å². The predicted molar refractivity (Wildman–Crippen MR) is 69.0 cm³/mol. The number of aliphatic hydroxyl groups is 1. The van der Waals surface area contributed by atoms with Crippen LogP contribution in [0.5, 0.6) is 0 Å². The number of nitrogens with zero attached hydrogens (tertiary/aromatic N) is 1. The maximum Gasteiger partial charge on any atom is 0.0695 e. The normalized spacial score (nSPS) is 29.6. The molecule has 0 amide bonds. The second kappa shape index (κ2) is 6.72. The van der Waals surface area contributed by atoms with Crippen molar-refractivity contribution in [3.63, 3.8) is 0 Å². The van der Waals surface area contributed by atoms with Crippen LogP contribution in [0.15, 0.2) is 0 Å². The fourth-order valence-electron chi connectivity index (χ4n) is 3.44. The molecule has 1 aliphatic carbocycles. The molecule has 2 unspecified atom stereocenters. The molecule has 2 fully saturated rings. The number of rotatable bonds is 5. The van der Waals surface area contributed by atoms with Crippen molar-refractivity contribution in [3.05, 3.63) is 0 Å². The Bertz CT molecular complexity index is 214. The van der Waals surface area contributed by atoms with E-state index in [-0.39, 0.29) is 6.10 Å². The Hall–Kier alpha value is -0.120. The summed E-state index contributed by atoms with van der Waals surface area (Å²) >= 11 is 0. The quantitative estimate of drug-likeness (QED) is 0.798. The highest BCUT2D eigenvalue weighted by Gasteiger charge is 2.27. The van der Waals surface area contributed by atoms with Gasteiger partial charge in [0.1, 0.15) is 0 Å². The van der Waals surface area contributed by atoms with Gasteiger partial charge in [-0.25, -0.2) is 0 Å². The van der Waals surface area contributed by atoms with Crippen LogP contribution in [0.25, 0.3) is 0 Å². The average Bonchev–Trinajstić information content (AvgIpc) is 2.83. The fraction of sp³-hybridized carbons (Fsp3) is 1.00. The first kappa shape index (κ1) is 13.3. The second-order valence-electron chi connectivity index (χ2n) is 5.84. The second-order valence-corrected chi connectivity index (χ2v) is 5.84. The van der Waals surface area contributed by atoms with Crippen LogP contribution in [0.1, 0.15) is 38.5 Å². The largest absolute Gasteiger partial charge is 0.392 e. The number of β-amino-alcohol motifs (C(OH)–C–C–N with tert-alkyl or cyclic N) is 1. The van der Waals surface area contributed by atoms with E-state index in [4.69, 9.17) is 4.74 Å². The maximum absolute atomic E-state index is 10.2. The van der Waals surface area contributed by atoms with Crippen molar-refractivity contribution < 1.29 is 9.84 Å². The zero-order valence-electron chi connectivity index (χ0n) is 11.1. The van der Waals surface area contributed by atoms with E-state index < -0.39 is 0 Å². The zero-order valence-corrected chi connectivity index (χ0v) is 11.1. The summed E-state index contributed by atoms with van der Waals surface area (Å²) in [6, 6.07) is 0. The number of methoxy groups -OCH3 is 1. The van der Waals surface area contributed by atoms with Crippen LogP contribution in [0.4, 0.5) is 0 Å². The Morgan fingerprint density at radius 3 is 2.71 bits per heavy atom. The van der Waals surface area contributed by atoms with E-state index in [9.17, 15) is 5.11 Å². The van der Waals surface area contributed by atoms with E-state index >= 15 is 0 Å². The minimum Gasteiger partial charge on any atom is -0.392 e.